The molecule has 11 heteroatoms. The third-order valence-electron chi connectivity index (χ3n) is 4.61. The summed E-state index contributed by atoms with van der Waals surface area (Å²) in [7, 11) is 1.62. The Morgan fingerprint density at radius 1 is 1.14 bits per heavy atom. The molecule has 0 spiro atoms. The number of esters is 1. The Morgan fingerprint density at radius 2 is 1.86 bits per heavy atom. The molecular weight excluding hydrogens is 540 g/mol. The largest absolute Gasteiger partial charge is 0.490 e. The molecule has 0 unspecified atom stereocenters. The molecule has 1 heterocycles. The molecule has 184 valence electrons. The average molecular weight is 563 g/mol. The monoisotopic (exact) mass is 562 g/mol. The zero-order valence-electron chi connectivity index (χ0n) is 19.2. The number of amides is 1. The molecule has 3 rings (SSSR count). The first-order chi connectivity index (χ1) is 16.7. The van der Waals surface area contributed by atoms with Crippen molar-refractivity contribution in [3.8, 4) is 11.5 Å². The molecule has 9 nitrogen and oxygen atoms in total. The summed E-state index contributed by atoms with van der Waals surface area (Å²) in [6.45, 7) is 3.90. The molecule has 1 aliphatic rings. The third-order valence-corrected chi connectivity index (χ3v) is 6.26. The summed E-state index contributed by atoms with van der Waals surface area (Å²) in [5.74, 6) is -0.973. The van der Waals surface area contributed by atoms with Gasteiger partial charge in [0, 0.05) is 7.05 Å². The number of aliphatic imine (C=N–C) groups is 1. The smallest absolute Gasteiger partial charge is 0.344 e. The van der Waals surface area contributed by atoms with Crippen LogP contribution in [0.3, 0.4) is 0 Å². The van der Waals surface area contributed by atoms with E-state index in [0.717, 1.165) is 0 Å². The number of hydrogen-bond donors (Lipinski definition) is 1. The summed E-state index contributed by atoms with van der Waals surface area (Å²) in [6.07, 6.45) is 1.71. The number of halogens is 1. The van der Waals surface area contributed by atoms with E-state index in [1.165, 1.54) is 28.8 Å². The van der Waals surface area contributed by atoms with Gasteiger partial charge in [-0.25, -0.2) is 14.6 Å². The maximum Gasteiger partial charge on any atom is 0.344 e. The number of amidine groups is 1. The van der Waals surface area contributed by atoms with Crippen LogP contribution in [0.2, 0.25) is 0 Å². The molecular formula is C24H23BrN2O7S. The molecule has 0 aliphatic carbocycles. The zero-order chi connectivity index (χ0) is 25.5. The second-order valence-electron chi connectivity index (χ2n) is 7.08. The molecule has 0 radical (unpaired) electrons. The fourth-order valence-electron chi connectivity index (χ4n) is 3.00. The number of ether oxygens (including phenoxy) is 3. The lowest BCUT2D eigenvalue weighted by atomic mass is 10.2. The molecule has 1 saturated heterocycles. The highest BCUT2D eigenvalue weighted by atomic mass is 79.9. The molecule has 0 atom stereocenters. The van der Waals surface area contributed by atoms with Gasteiger partial charge in [0.05, 0.1) is 33.8 Å². The fourth-order valence-corrected chi connectivity index (χ4v) is 4.56. The number of rotatable bonds is 9. The Labute approximate surface area is 214 Å². The van der Waals surface area contributed by atoms with Crippen molar-refractivity contribution < 1.29 is 33.7 Å². The Morgan fingerprint density at radius 3 is 2.49 bits per heavy atom. The van der Waals surface area contributed by atoms with Gasteiger partial charge in [0.1, 0.15) is 0 Å². The Hall–Kier alpha value is -3.31. The minimum atomic E-state index is -1.02. The highest BCUT2D eigenvalue weighted by Gasteiger charge is 2.30. The molecule has 1 fully saturated rings. The predicted octanol–water partition coefficient (Wildman–Crippen LogP) is 4.72. The van der Waals surface area contributed by atoms with Crippen molar-refractivity contribution in [3.63, 3.8) is 0 Å². The van der Waals surface area contributed by atoms with Crippen LogP contribution < -0.4 is 9.47 Å². The molecule has 2 aromatic carbocycles. The number of carboxylic acid groups (broad SMARTS) is 1. The number of hydrogen-bond acceptors (Lipinski definition) is 8. The SMILES string of the molecule is CCOC(=O)COc1c(Br)cc(/C=C2/SC(=Nc3ccc(C(=O)O)cc3)N(C)C2=O)cc1OCC. The van der Waals surface area contributed by atoms with Gasteiger partial charge in [0.25, 0.3) is 5.91 Å². The van der Waals surface area contributed by atoms with Gasteiger partial charge in [-0.1, -0.05) is 0 Å². The second kappa shape index (κ2) is 11.9. The van der Waals surface area contributed by atoms with Crippen LogP contribution in [0, 0.1) is 0 Å². The number of benzene rings is 2. The lowest BCUT2D eigenvalue weighted by molar-refractivity contribution is -0.145. The standard InChI is InChI=1S/C24H23BrN2O7S/c1-4-32-18-11-14(10-17(25)21(18)34-13-20(28)33-5-2)12-19-22(29)27(3)24(35-19)26-16-8-6-15(7-9-16)23(30)31/h6-12H,4-5,13H2,1-3H3,(H,30,31)/b19-12+,26-24?. The van der Waals surface area contributed by atoms with E-state index in [-0.39, 0.29) is 24.7 Å². The first-order valence-corrected chi connectivity index (χ1v) is 12.2. The van der Waals surface area contributed by atoms with E-state index in [1.54, 1.807) is 44.3 Å². The van der Waals surface area contributed by atoms with Crippen LogP contribution >= 0.6 is 27.7 Å². The van der Waals surface area contributed by atoms with Crippen molar-refractivity contribution in [3.05, 3.63) is 56.9 Å². The van der Waals surface area contributed by atoms with Crippen LogP contribution in [0.4, 0.5) is 5.69 Å². The molecule has 1 aliphatic heterocycles. The first kappa shape index (κ1) is 26.3. The number of carbonyl (C=O) groups excluding carboxylic acids is 2. The van der Waals surface area contributed by atoms with E-state index in [4.69, 9.17) is 19.3 Å². The summed E-state index contributed by atoms with van der Waals surface area (Å²) in [5, 5.41) is 9.50. The van der Waals surface area contributed by atoms with Gasteiger partial charge in [-0.05, 0) is 89.6 Å². The van der Waals surface area contributed by atoms with Crippen molar-refractivity contribution in [2.45, 2.75) is 13.8 Å². The molecule has 0 aromatic heterocycles. The number of aromatic carboxylic acids is 1. The minimum Gasteiger partial charge on any atom is -0.490 e. The number of carbonyl (C=O) groups is 3. The highest BCUT2D eigenvalue weighted by Crippen LogP contribution is 2.39. The summed E-state index contributed by atoms with van der Waals surface area (Å²) >= 11 is 4.65. The van der Waals surface area contributed by atoms with Crippen molar-refractivity contribution >= 4 is 62.5 Å². The maximum absolute atomic E-state index is 12.8. The minimum absolute atomic E-state index is 0.156. The van der Waals surface area contributed by atoms with Crippen molar-refractivity contribution in [2.24, 2.45) is 4.99 Å². The fraction of sp³-hybridized carbons (Fsp3) is 0.250. The maximum atomic E-state index is 12.8. The normalized spacial score (nSPS) is 15.5. The Kier molecular flexibility index (Phi) is 8.94. The van der Waals surface area contributed by atoms with E-state index in [1.807, 2.05) is 6.92 Å². The van der Waals surface area contributed by atoms with Gasteiger partial charge in [-0.15, -0.1) is 0 Å². The number of likely N-dealkylation sites (N-methyl/N-ethyl adjacent to an activating group) is 1. The molecule has 35 heavy (non-hydrogen) atoms. The van der Waals surface area contributed by atoms with Crippen LogP contribution in [0.5, 0.6) is 11.5 Å². The molecule has 2 aromatic rings. The van der Waals surface area contributed by atoms with Crippen LogP contribution in [0.25, 0.3) is 6.08 Å². The Bertz CT molecular complexity index is 1200. The first-order valence-electron chi connectivity index (χ1n) is 10.6. The van der Waals surface area contributed by atoms with E-state index >= 15 is 0 Å². The van der Waals surface area contributed by atoms with Crippen LogP contribution in [0.1, 0.15) is 29.8 Å². The van der Waals surface area contributed by atoms with Crippen LogP contribution in [-0.4, -0.2) is 59.9 Å². The van der Waals surface area contributed by atoms with E-state index in [2.05, 4.69) is 20.9 Å². The molecule has 0 saturated carbocycles. The van der Waals surface area contributed by atoms with Crippen molar-refractivity contribution in [1.82, 2.24) is 4.90 Å². The van der Waals surface area contributed by atoms with E-state index in [0.29, 0.717) is 43.9 Å². The quantitative estimate of drug-likeness (QED) is 0.344. The van der Waals surface area contributed by atoms with Crippen LogP contribution in [-0.2, 0) is 14.3 Å². The van der Waals surface area contributed by atoms with E-state index in [9.17, 15) is 14.4 Å². The lowest BCUT2D eigenvalue weighted by Crippen LogP contribution is -2.23. The Balaban J connectivity index is 1.85. The molecule has 1 amide bonds. The van der Waals surface area contributed by atoms with Crippen molar-refractivity contribution in [1.29, 1.82) is 0 Å². The van der Waals surface area contributed by atoms with Gasteiger partial charge in [-0.3, -0.25) is 9.69 Å². The van der Waals surface area contributed by atoms with Gasteiger partial charge >= 0.3 is 11.9 Å². The number of carboxylic acids is 1. The van der Waals surface area contributed by atoms with E-state index < -0.39 is 11.9 Å². The van der Waals surface area contributed by atoms with Gasteiger partial charge < -0.3 is 19.3 Å². The molecule has 1 N–H and O–H groups in total. The van der Waals surface area contributed by atoms with Gasteiger partial charge in [-0.2, -0.15) is 0 Å². The summed E-state index contributed by atoms with van der Waals surface area (Å²) in [5.41, 5.74) is 1.37. The van der Waals surface area contributed by atoms with Gasteiger partial charge in [0.2, 0.25) is 0 Å². The summed E-state index contributed by atoms with van der Waals surface area (Å²) in [6, 6.07) is 9.55. The summed E-state index contributed by atoms with van der Waals surface area (Å²) < 4.78 is 16.7. The second-order valence-corrected chi connectivity index (χ2v) is 8.94. The highest BCUT2D eigenvalue weighted by molar-refractivity contribution is 9.10. The summed E-state index contributed by atoms with van der Waals surface area (Å²) in [4.78, 5) is 41.9. The number of thioether (sulfide) groups is 1. The van der Waals surface area contributed by atoms with Crippen molar-refractivity contribution in [2.75, 3.05) is 26.9 Å². The molecule has 0 bridgehead atoms. The average Bonchev–Trinajstić information content (AvgIpc) is 3.07. The van der Waals surface area contributed by atoms with Crippen LogP contribution in [0.15, 0.2) is 50.8 Å². The third kappa shape index (κ3) is 6.64. The zero-order valence-corrected chi connectivity index (χ0v) is 21.6. The lowest BCUT2D eigenvalue weighted by Gasteiger charge is -2.14. The predicted molar refractivity (Wildman–Crippen MR) is 136 cm³/mol. The van der Waals surface area contributed by atoms with Gasteiger partial charge in [0.15, 0.2) is 23.3 Å². The number of nitrogens with zero attached hydrogens (tertiary/aromatic N) is 2. The topological polar surface area (TPSA) is 115 Å².